The molecule has 8 heteroatoms. The lowest BCUT2D eigenvalue weighted by molar-refractivity contribution is 0.102. The summed E-state index contributed by atoms with van der Waals surface area (Å²) < 4.78 is 2.02. The number of nitrogen functional groups attached to an aromatic ring is 1. The number of hydrogen-bond acceptors (Lipinski definition) is 6. The standard InChI is InChI=1S/C22H21N7O/c23-20-19-18(28-21(16-4-3-11-24-16)29(19)13-12-26-20)14-6-8-15(9-7-14)22(30)27-17-5-1-2-10-25-17/h1-2,5-10,12-13,16,24H,3-4,11H2,(H2,23,26)(H,25,27,30)/t16-/m1/s1. The van der Waals surface area contributed by atoms with Crippen molar-refractivity contribution in [3.8, 4) is 11.3 Å². The second kappa shape index (κ2) is 7.57. The Bertz CT molecular complexity index is 1200. The molecule has 1 aliphatic rings. The average Bonchev–Trinajstić information content (AvgIpc) is 3.43. The molecule has 0 aliphatic carbocycles. The number of imidazole rings is 1. The molecule has 1 aliphatic heterocycles. The van der Waals surface area contributed by atoms with E-state index >= 15 is 0 Å². The molecule has 1 amide bonds. The predicted octanol–water partition coefficient (Wildman–Crippen LogP) is 3.05. The van der Waals surface area contributed by atoms with Crippen LogP contribution in [0, 0.1) is 0 Å². The van der Waals surface area contributed by atoms with Crippen LogP contribution in [0.15, 0.2) is 61.1 Å². The number of carbonyl (C=O) groups is 1. The van der Waals surface area contributed by atoms with E-state index in [0.29, 0.717) is 17.2 Å². The summed E-state index contributed by atoms with van der Waals surface area (Å²) in [7, 11) is 0. The van der Waals surface area contributed by atoms with Crippen LogP contribution in [-0.4, -0.2) is 31.8 Å². The molecule has 150 valence electrons. The number of fused-ring (bicyclic) bond motifs is 1. The molecule has 1 fully saturated rings. The normalized spacial score (nSPS) is 16.1. The molecule has 4 aromatic rings. The van der Waals surface area contributed by atoms with Gasteiger partial charge in [-0.05, 0) is 43.7 Å². The molecule has 0 radical (unpaired) electrons. The SMILES string of the molecule is Nc1nccn2c([C@H]3CCCN3)nc(-c3ccc(C(=O)Nc4ccccn4)cc3)c12. The highest BCUT2D eigenvalue weighted by Crippen LogP contribution is 2.32. The smallest absolute Gasteiger partial charge is 0.256 e. The third kappa shape index (κ3) is 3.27. The fourth-order valence-electron chi connectivity index (χ4n) is 3.84. The van der Waals surface area contributed by atoms with Gasteiger partial charge in [0.2, 0.25) is 0 Å². The van der Waals surface area contributed by atoms with Gasteiger partial charge in [0.25, 0.3) is 5.91 Å². The van der Waals surface area contributed by atoms with Crippen molar-refractivity contribution in [2.75, 3.05) is 17.6 Å². The van der Waals surface area contributed by atoms with E-state index in [2.05, 4.69) is 20.6 Å². The monoisotopic (exact) mass is 399 g/mol. The minimum Gasteiger partial charge on any atom is -0.382 e. The van der Waals surface area contributed by atoms with Gasteiger partial charge in [0.15, 0.2) is 0 Å². The third-order valence-electron chi connectivity index (χ3n) is 5.31. The molecule has 0 bridgehead atoms. The van der Waals surface area contributed by atoms with Crippen molar-refractivity contribution < 1.29 is 4.79 Å². The highest BCUT2D eigenvalue weighted by Gasteiger charge is 2.24. The Balaban J connectivity index is 1.49. The maximum Gasteiger partial charge on any atom is 0.256 e. The first-order valence-electron chi connectivity index (χ1n) is 9.89. The summed E-state index contributed by atoms with van der Waals surface area (Å²) in [6, 6.07) is 12.9. The number of nitrogens with one attached hydrogen (secondary N) is 2. The minimum atomic E-state index is -0.216. The molecular formula is C22H21N7O. The largest absolute Gasteiger partial charge is 0.382 e. The lowest BCUT2D eigenvalue weighted by atomic mass is 10.1. The molecule has 4 heterocycles. The Morgan fingerprint density at radius 3 is 2.73 bits per heavy atom. The highest BCUT2D eigenvalue weighted by atomic mass is 16.1. The minimum absolute atomic E-state index is 0.191. The summed E-state index contributed by atoms with van der Waals surface area (Å²) in [6.07, 6.45) is 7.38. The van der Waals surface area contributed by atoms with E-state index in [1.165, 1.54) is 0 Å². The highest BCUT2D eigenvalue weighted by molar-refractivity contribution is 6.04. The molecule has 8 nitrogen and oxygen atoms in total. The fourth-order valence-corrected chi connectivity index (χ4v) is 3.84. The quantitative estimate of drug-likeness (QED) is 0.486. The van der Waals surface area contributed by atoms with Gasteiger partial charge in [-0.15, -0.1) is 0 Å². The van der Waals surface area contributed by atoms with E-state index in [0.717, 1.165) is 42.0 Å². The van der Waals surface area contributed by atoms with Crippen LogP contribution in [-0.2, 0) is 0 Å². The van der Waals surface area contributed by atoms with E-state index < -0.39 is 0 Å². The van der Waals surface area contributed by atoms with Crippen molar-refractivity contribution in [2.24, 2.45) is 0 Å². The molecule has 30 heavy (non-hydrogen) atoms. The molecule has 1 saturated heterocycles. The maximum atomic E-state index is 12.5. The molecule has 0 spiro atoms. The van der Waals surface area contributed by atoms with Crippen molar-refractivity contribution in [3.63, 3.8) is 0 Å². The molecule has 5 rings (SSSR count). The fraction of sp³-hybridized carbons (Fsp3) is 0.182. The number of carbonyl (C=O) groups excluding carboxylic acids is 1. The zero-order chi connectivity index (χ0) is 20.5. The summed E-state index contributed by atoms with van der Waals surface area (Å²) in [5.41, 5.74) is 9.17. The first-order valence-corrected chi connectivity index (χ1v) is 9.89. The number of hydrogen-bond donors (Lipinski definition) is 3. The predicted molar refractivity (Wildman–Crippen MR) is 115 cm³/mol. The Hall–Kier alpha value is -3.78. The van der Waals surface area contributed by atoms with Crippen molar-refractivity contribution in [1.29, 1.82) is 0 Å². The van der Waals surface area contributed by atoms with Gasteiger partial charge in [0.1, 0.15) is 28.7 Å². The average molecular weight is 399 g/mol. The lowest BCUT2D eigenvalue weighted by Crippen LogP contribution is -2.16. The van der Waals surface area contributed by atoms with Crippen LogP contribution in [0.1, 0.15) is 35.1 Å². The summed E-state index contributed by atoms with van der Waals surface area (Å²) in [6.45, 7) is 0.982. The molecule has 4 N–H and O–H groups in total. The van der Waals surface area contributed by atoms with Crippen LogP contribution in [0.3, 0.4) is 0 Å². The Morgan fingerprint density at radius 1 is 1.13 bits per heavy atom. The van der Waals surface area contributed by atoms with E-state index in [1.807, 2.05) is 28.8 Å². The first-order chi connectivity index (χ1) is 14.7. The number of rotatable bonds is 4. The van der Waals surface area contributed by atoms with Gasteiger partial charge in [-0.1, -0.05) is 18.2 Å². The van der Waals surface area contributed by atoms with Gasteiger partial charge in [-0.2, -0.15) is 0 Å². The lowest BCUT2D eigenvalue weighted by Gasteiger charge is -2.08. The van der Waals surface area contributed by atoms with Crippen molar-refractivity contribution in [3.05, 3.63) is 72.4 Å². The van der Waals surface area contributed by atoms with E-state index in [-0.39, 0.29) is 11.9 Å². The van der Waals surface area contributed by atoms with Crippen LogP contribution in [0.5, 0.6) is 0 Å². The number of amides is 1. The van der Waals surface area contributed by atoms with Crippen LogP contribution < -0.4 is 16.4 Å². The zero-order valence-electron chi connectivity index (χ0n) is 16.2. The van der Waals surface area contributed by atoms with Crippen molar-refractivity contribution in [2.45, 2.75) is 18.9 Å². The molecule has 0 unspecified atom stereocenters. The molecule has 1 aromatic carbocycles. The summed E-state index contributed by atoms with van der Waals surface area (Å²) >= 11 is 0. The molecule has 3 aromatic heterocycles. The number of nitrogens with two attached hydrogens (primary N) is 1. The molecule has 0 saturated carbocycles. The van der Waals surface area contributed by atoms with Crippen LogP contribution >= 0.6 is 0 Å². The van der Waals surface area contributed by atoms with Gasteiger partial charge >= 0.3 is 0 Å². The Kier molecular flexibility index (Phi) is 4.61. The maximum absolute atomic E-state index is 12.5. The summed E-state index contributed by atoms with van der Waals surface area (Å²) in [5, 5.41) is 6.28. The van der Waals surface area contributed by atoms with E-state index in [9.17, 15) is 4.79 Å². The number of pyridine rings is 1. The van der Waals surface area contributed by atoms with Gasteiger partial charge in [0, 0.05) is 29.7 Å². The van der Waals surface area contributed by atoms with Crippen molar-refractivity contribution in [1.82, 2.24) is 24.7 Å². The van der Waals surface area contributed by atoms with Crippen LogP contribution in [0.4, 0.5) is 11.6 Å². The second-order valence-electron chi connectivity index (χ2n) is 7.25. The van der Waals surface area contributed by atoms with E-state index in [1.54, 1.807) is 36.7 Å². The molecule has 1 atom stereocenters. The topological polar surface area (TPSA) is 110 Å². The first kappa shape index (κ1) is 18.3. The number of anilines is 2. The second-order valence-corrected chi connectivity index (χ2v) is 7.25. The zero-order valence-corrected chi connectivity index (χ0v) is 16.2. The summed E-state index contributed by atoms with van der Waals surface area (Å²) in [5.74, 6) is 1.66. The third-order valence-corrected chi connectivity index (χ3v) is 5.31. The Morgan fingerprint density at radius 2 is 2.00 bits per heavy atom. The van der Waals surface area contributed by atoms with E-state index in [4.69, 9.17) is 10.7 Å². The van der Waals surface area contributed by atoms with Crippen LogP contribution in [0.25, 0.3) is 16.8 Å². The van der Waals surface area contributed by atoms with Gasteiger partial charge in [-0.3, -0.25) is 9.20 Å². The summed E-state index contributed by atoms with van der Waals surface area (Å²) in [4.78, 5) is 25.8. The number of aromatic nitrogens is 4. The van der Waals surface area contributed by atoms with Crippen LogP contribution in [0.2, 0.25) is 0 Å². The van der Waals surface area contributed by atoms with Gasteiger partial charge in [-0.25, -0.2) is 15.0 Å². The van der Waals surface area contributed by atoms with Crippen molar-refractivity contribution >= 4 is 23.1 Å². The Labute approximate surface area is 173 Å². The van der Waals surface area contributed by atoms with Gasteiger partial charge < -0.3 is 16.4 Å². The van der Waals surface area contributed by atoms with Gasteiger partial charge in [0.05, 0.1) is 6.04 Å². The number of nitrogens with zero attached hydrogens (tertiary/aromatic N) is 4. The molecular weight excluding hydrogens is 378 g/mol. The number of benzene rings is 1.